The molecule has 4 heteroatoms. The summed E-state index contributed by atoms with van der Waals surface area (Å²) < 4.78 is 1.05. The quantitative estimate of drug-likeness (QED) is 0.361. The number of carbonyl (C=O) groups is 1. The summed E-state index contributed by atoms with van der Waals surface area (Å²) in [6.45, 7) is 3.67. The zero-order valence-electron chi connectivity index (χ0n) is 8.23. The highest BCUT2D eigenvalue weighted by molar-refractivity contribution is 14.1. The molecule has 1 aromatic carbocycles. The maximum Gasteiger partial charge on any atom is 0.264 e. The van der Waals surface area contributed by atoms with Crippen LogP contribution in [0.4, 0.5) is 0 Å². The number of hydrogen-bond donors (Lipinski definition) is 0. The van der Waals surface area contributed by atoms with Crippen LogP contribution in [0.25, 0.3) is 5.57 Å². The summed E-state index contributed by atoms with van der Waals surface area (Å²) in [5, 5.41) is -0.766. The lowest BCUT2D eigenvalue weighted by Crippen LogP contribution is -2.00. The van der Waals surface area contributed by atoms with Crippen molar-refractivity contribution in [1.29, 1.82) is 0 Å². The predicted octanol–water partition coefficient (Wildman–Crippen LogP) is 2.89. The van der Waals surface area contributed by atoms with Crippen molar-refractivity contribution >= 4 is 50.9 Å². The van der Waals surface area contributed by atoms with Gasteiger partial charge in [-0.1, -0.05) is 0 Å². The molecule has 0 bridgehead atoms. The maximum atomic E-state index is 11.0. The Labute approximate surface area is 106 Å². The molecule has 1 aromatic rings. The van der Waals surface area contributed by atoms with E-state index in [4.69, 9.17) is 11.6 Å². The largest absolute Gasteiger partial charge is 0.275 e. The van der Waals surface area contributed by atoms with E-state index in [0.717, 1.165) is 14.7 Å². The van der Waals surface area contributed by atoms with Crippen LogP contribution in [0.2, 0.25) is 0 Å². The zero-order chi connectivity index (χ0) is 11.6. The van der Waals surface area contributed by atoms with Gasteiger partial charge in [-0.3, -0.25) is 4.79 Å². The molecule has 0 aliphatic heterocycles. The fourth-order valence-corrected chi connectivity index (χ4v) is 2.56. The van der Waals surface area contributed by atoms with Crippen LogP contribution in [0, 0.1) is 17.4 Å². The Kier molecular flexibility index (Phi) is 4.08. The molecule has 0 fully saturated rings. The van der Waals surface area contributed by atoms with Gasteiger partial charge in [-0.15, -0.1) is 0 Å². The molecule has 15 heavy (non-hydrogen) atoms. The normalized spacial score (nSPS) is 9.60. The number of benzene rings is 1. The van der Waals surface area contributed by atoms with E-state index >= 15 is 0 Å². The first-order valence-electron chi connectivity index (χ1n) is 4.19. The number of hydrogen-bond acceptors (Lipinski definition) is 2. The Morgan fingerprint density at radius 2 is 1.80 bits per heavy atom. The Morgan fingerprint density at radius 3 is 2.13 bits per heavy atom. The van der Waals surface area contributed by atoms with Gasteiger partial charge in [0.15, 0.2) is 0 Å². The molecule has 2 nitrogen and oxygen atoms in total. The van der Waals surface area contributed by atoms with E-state index in [-0.39, 0.29) is 5.57 Å². The summed E-state index contributed by atoms with van der Waals surface area (Å²) in [5.74, 6) is 1.60. The Morgan fingerprint density at radius 1 is 1.33 bits per heavy atom. The second kappa shape index (κ2) is 4.92. The number of carbonyl (C=O) groups excluding carboxylic acids is 2. The third-order valence-corrected chi connectivity index (χ3v) is 2.86. The monoisotopic (exact) mass is 334 g/mol. The molecule has 0 N–H and O–H groups in total. The van der Waals surface area contributed by atoms with Gasteiger partial charge in [-0.25, -0.2) is 4.79 Å². The Hall–Kier alpha value is -0.640. The van der Waals surface area contributed by atoms with Crippen LogP contribution >= 0.6 is 34.2 Å². The van der Waals surface area contributed by atoms with Gasteiger partial charge < -0.3 is 0 Å². The number of halogens is 2. The average molecular weight is 335 g/mol. The summed E-state index contributed by atoms with van der Waals surface area (Å²) in [7, 11) is 0. The van der Waals surface area contributed by atoms with Crippen molar-refractivity contribution in [2.24, 2.45) is 0 Å². The van der Waals surface area contributed by atoms with Crippen molar-refractivity contribution < 1.29 is 9.59 Å². The zero-order valence-corrected chi connectivity index (χ0v) is 11.1. The first kappa shape index (κ1) is 12.4. The van der Waals surface area contributed by atoms with Crippen molar-refractivity contribution in [2.45, 2.75) is 13.8 Å². The fraction of sp³-hybridized carbons (Fsp3) is 0.182. The molecule has 0 aliphatic carbocycles. The molecule has 78 valence electrons. The third-order valence-electron chi connectivity index (χ3n) is 2.05. The molecule has 0 amide bonds. The lowest BCUT2D eigenvalue weighted by molar-refractivity contribution is -0.106. The van der Waals surface area contributed by atoms with Crippen LogP contribution in [-0.2, 0) is 9.59 Å². The molecule has 0 unspecified atom stereocenters. The van der Waals surface area contributed by atoms with Gasteiger partial charge in [0.2, 0.25) is 0 Å². The Bertz CT molecular complexity index is 450. The molecule has 0 aliphatic rings. The van der Waals surface area contributed by atoms with Crippen LogP contribution in [0.3, 0.4) is 0 Å². The molecule has 0 atom stereocenters. The molecule has 0 spiro atoms. The van der Waals surface area contributed by atoms with Crippen molar-refractivity contribution in [3.63, 3.8) is 0 Å². The van der Waals surface area contributed by atoms with Gasteiger partial charge in [0.25, 0.3) is 5.24 Å². The standard InChI is InChI=1S/C11H8ClIO2/c1-6-3-8(13)4-7(2)10(6)9(5-14)11(12)15/h3-4H,1-2H3. The van der Waals surface area contributed by atoms with Crippen LogP contribution in [0.5, 0.6) is 0 Å². The summed E-state index contributed by atoms with van der Waals surface area (Å²) in [5.41, 5.74) is 2.20. The second-order valence-electron chi connectivity index (χ2n) is 3.17. The van der Waals surface area contributed by atoms with Crippen molar-refractivity contribution in [1.82, 2.24) is 0 Å². The second-order valence-corrected chi connectivity index (χ2v) is 4.75. The highest BCUT2D eigenvalue weighted by atomic mass is 127. The van der Waals surface area contributed by atoms with Crippen molar-refractivity contribution in [3.05, 3.63) is 32.4 Å². The highest BCUT2D eigenvalue weighted by Gasteiger charge is 2.16. The van der Waals surface area contributed by atoms with Crippen LogP contribution in [0.15, 0.2) is 12.1 Å². The van der Waals surface area contributed by atoms with Gasteiger partial charge in [0.05, 0.1) is 0 Å². The topological polar surface area (TPSA) is 34.1 Å². The molecule has 1 rings (SSSR count). The summed E-state index contributed by atoms with van der Waals surface area (Å²) >= 11 is 7.50. The first-order valence-corrected chi connectivity index (χ1v) is 5.65. The fourth-order valence-electron chi connectivity index (χ4n) is 1.49. The van der Waals surface area contributed by atoms with Crippen LogP contribution in [-0.4, -0.2) is 11.2 Å². The molecular weight excluding hydrogens is 326 g/mol. The minimum absolute atomic E-state index is 0.0944. The lowest BCUT2D eigenvalue weighted by atomic mass is 9.97. The van der Waals surface area contributed by atoms with E-state index in [1.54, 1.807) is 5.94 Å². The minimum atomic E-state index is -0.766. The average Bonchev–Trinajstić information content (AvgIpc) is 2.09. The van der Waals surface area contributed by atoms with E-state index in [2.05, 4.69) is 22.6 Å². The van der Waals surface area contributed by atoms with E-state index < -0.39 is 5.24 Å². The maximum absolute atomic E-state index is 11.0. The molecule has 0 aromatic heterocycles. The molecule has 0 saturated carbocycles. The molecule has 0 heterocycles. The van der Waals surface area contributed by atoms with Gasteiger partial charge in [-0.05, 0) is 71.3 Å². The van der Waals surface area contributed by atoms with Gasteiger partial charge in [0.1, 0.15) is 11.5 Å². The Balaban J connectivity index is 3.50. The number of allylic oxidation sites excluding steroid dienone is 1. The van der Waals surface area contributed by atoms with E-state index in [0.29, 0.717) is 5.56 Å². The van der Waals surface area contributed by atoms with Gasteiger partial charge in [0, 0.05) is 9.13 Å². The van der Waals surface area contributed by atoms with Crippen molar-refractivity contribution in [3.8, 4) is 0 Å². The summed E-state index contributed by atoms with van der Waals surface area (Å²) in [6, 6.07) is 3.78. The lowest BCUT2D eigenvalue weighted by Gasteiger charge is -2.08. The third kappa shape index (κ3) is 2.68. The van der Waals surface area contributed by atoms with E-state index in [9.17, 15) is 9.59 Å². The van der Waals surface area contributed by atoms with Gasteiger partial charge in [-0.2, -0.15) is 0 Å². The number of aryl methyl sites for hydroxylation is 2. The summed E-state index contributed by atoms with van der Waals surface area (Å²) in [4.78, 5) is 21.7. The first-order chi connectivity index (χ1) is 6.97. The van der Waals surface area contributed by atoms with Crippen LogP contribution in [0.1, 0.15) is 16.7 Å². The molecule has 0 radical (unpaired) electrons. The van der Waals surface area contributed by atoms with E-state index in [1.807, 2.05) is 26.0 Å². The summed E-state index contributed by atoms with van der Waals surface area (Å²) in [6.07, 6.45) is 0. The SMILES string of the molecule is Cc1cc(I)cc(C)c1C(=C=O)C(=O)Cl. The van der Waals surface area contributed by atoms with Gasteiger partial charge >= 0.3 is 0 Å². The highest BCUT2D eigenvalue weighted by Crippen LogP contribution is 2.25. The number of rotatable bonds is 2. The van der Waals surface area contributed by atoms with E-state index in [1.165, 1.54) is 0 Å². The molecular formula is C11H8ClIO2. The minimum Gasteiger partial charge on any atom is -0.275 e. The predicted molar refractivity (Wildman–Crippen MR) is 68.6 cm³/mol. The smallest absolute Gasteiger partial charge is 0.264 e. The van der Waals surface area contributed by atoms with Crippen molar-refractivity contribution in [2.75, 3.05) is 0 Å². The van der Waals surface area contributed by atoms with Crippen LogP contribution < -0.4 is 0 Å². The molecule has 0 saturated heterocycles.